The van der Waals surface area contributed by atoms with Crippen molar-refractivity contribution in [1.29, 1.82) is 0 Å². The average molecular weight is 399 g/mol. The van der Waals surface area contributed by atoms with Crippen molar-refractivity contribution in [2.75, 3.05) is 12.4 Å². The molecular formula is C18H17N5O4S. The molecule has 1 aromatic heterocycles. The van der Waals surface area contributed by atoms with Gasteiger partial charge in [0.25, 0.3) is 5.69 Å². The van der Waals surface area contributed by atoms with Crippen LogP contribution in [0.15, 0.2) is 53.7 Å². The van der Waals surface area contributed by atoms with Gasteiger partial charge in [-0.2, -0.15) is 0 Å². The topological polar surface area (TPSA) is 123 Å². The van der Waals surface area contributed by atoms with E-state index in [9.17, 15) is 14.9 Å². The van der Waals surface area contributed by atoms with E-state index < -0.39 is 10.2 Å². The molecule has 1 amide bonds. The summed E-state index contributed by atoms with van der Waals surface area (Å²) in [4.78, 5) is 27.3. The normalized spacial score (nSPS) is 11.6. The van der Waals surface area contributed by atoms with E-state index in [0.29, 0.717) is 16.7 Å². The van der Waals surface area contributed by atoms with Crippen LogP contribution < -0.4 is 10.1 Å². The minimum atomic E-state index is -0.539. The molecule has 0 bridgehead atoms. The van der Waals surface area contributed by atoms with Gasteiger partial charge in [0.05, 0.1) is 23.0 Å². The van der Waals surface area contributed by atoms with E-state index in [1.54, 1.807) is 6.92 Å². The third-order valence-corrected chi connectivity index (χ3v) is 4.78. The van der Waals surface area contributed by atoms with E-state index in [4.69, 9.17) is 4.74 Å². The quantitative estimate of drug-likeness (QED) is 0.354. The highest BCUT2D eigenvalue weighted by Gasteiger charge is 2.20. The first-order valence-electron chi connectivity index (χ1n) is 8.25. The number of ether oxygens (including phenoxy) is 1. The summed E-state index contributed by atoms with van der Waals surface area (Å²) in [6, 6.07) is 13.5. The Morgan fingerprint density at radius 1 is 1.29 bits per heavy atom. The number of hydrogen-bond acceptors (Lipinski definition) is 7. The van der Waals surface area contributed by atoms with Gasteiger partial charge in [0.1, 0.15) is 5.75 Å². The number of H-pyrrole nitrogens is 1. The van der Waals surface area contributed by atoms with E-state index in [1.165, 1.54) is 37.1 Å². The standard InChI is InChI=1S/C18H17N5O4S/c1-11(28-18-20-16(21-22-18)12-6-4-3-5-7-12)17(24)19-14-10-13(23(25)26)8-9-15(14)27-2/h3-11H,1-2H3,(H,19,24)(H,20,21,22)/t11-/m1/s1. The van der Waals surface area contributed by atoms with Crippen LogP contribution in [0.4, 0.5) is 11.4 Å². The predicted molar refractivity (Wildman–Crippen MR) is 105 cm³/mol. The Labute approximate surface area is 164 Å². The summed E-state index contributed by atoms with van der Waals surface area (Å²) in [5.74, 6) is 0.589. The average Bonchev–Trinajstić information content (AvgIpc) is 3.17. The Morgan fingerprint density at radius 2 is 2.04 bits per heavy atom. The zero-order valence-corrected chi connectivity index (χ0v) is 15.9. The number of nitrogens with zero attached hydrogens (tertiary/aromatic N) is 3. The Morgan fingerprint density at radius 3 is 2.71 bits per heavy atom. The number of amides is 1. The van der Waals surface area contributed by atoms with Crippen molar-refractivity contribution in [2.24, 2.45) is 0 Å². The number of carbonyl (C=O) groups excluding carboxylic acids is 1. The molecule has 0 aliphatic heterocycles. The predicted octanol–water partition coefficient (Wildman–Crippen LogP) is 3.51. The largest absolute Gasteiger partial charge is 0.495 e. The van der Waals surface area contributed by atoms with Crippen LogP contribution in [0, 0.1) is 10.1 Å². The van der Waals surface area contributed by atoms with Gasteiger partial charge < -0.3 is 10.1 Å². The Hall–Kier alpha value is -3.40. The number of carbonyl (C=O) groups is 1. The molecule has 0 saturated carbocycles. The third-order valence-electron chi connectivity index (χ3n) is 3.82. The van der Waals surface area contributed by atoms with Crippen LogP contribution in [0.25, 0.3) is 11.4 Å². The SMILES string of the molecule is COc1ccc([N+](=O)[O-])cc1NC(=O)[C@@H](C)Sc1n[nH]c(-c2ccccc2)n1. The Kier molecular flexibility index (Phi) is 5.90. The molecule has 144 valence electrons. The number of benzene rings is 2. The molecular weight excluding hydrogens is 382 g/mol. The van der Waals surface area contributed by atoms with Gasteiger partial charge in [-0.05, 0) is 13.0 Å². The van der Waals surface area contributed by atoms with Crippen LogP contribution in [0.2, 0.25) is 0 Å². The van der Waals surface area contributed by atoms with Gasteiger partial charge >= 0.3 is 0 Å². The van der Waals surface area contributed by atoms with E-state index in [-0.39, 0.29) is 17.3 Å². The number of hydrogen-bond donors (Lipinski definition) is 2. The molecule has 1 heterocycles. The van der Waals surface area contributed by atoms with Crippen molar-refractivity contribution in [3.05, 3.63) is 58.6 Å². The number of non-ortho nitro benzene ring substituents is 1. The van der Waals surface area contributed by atoms with Gasteiger partial charge in [-0.3, -0.25) is 20.0 Å². The van der Waals surface area contributed by atoms with Crippen molar-refractivity contribution in [1.82, 2.24) is 15.2 Å². The van der Waals surface area contributed by atoms with Crippen LogP contribution in [-0.4, -0.2) is 38.4 Å². The van der Waals surface area contributed by atoms with Crippen LogP contribution >= 0.6 is 11.8 Å². The first-order chi connectivity index (χ1) is 13.5. The third kappa shape index (κ3) is 4.46. The lowest BCUT2D eigenvalue weighted by Gasteiger charge is -2.13. The molecule has 2 N–H and O–H groups in total. The second-order valence-corrected chi connectivity index (χ2v) is 7.03. The molecule has 9 nitrogen and oxygen atoms in total. The molecule has 3 rings (SSSR count). The summed E-state index contributed by atoms with van der Waals surface area (Å²) in [5, 5.41) is 20.5. The van der Waals surface area contributed by atoms with Gasteiger partial charge in [-0.1, -0.05) is 42.1 Å². The molecule has 0 aliphatic carbocycles. The second-order valence-electron chi connectivity index (χ2n) is 5.72. The Bertz CT molecular complexity index is 993. The van der Waals surface area contributed by atoms with Gasteiger partial charge in [-0.25, -0.2) is 4.98 Å². The fourth-order valence-corrected chi connectivity index (χ4v) is 3.10. The number of nitro benzene ring substituents is 1. The monoisotopic (exact) mass is 399 g/mol. The minimum absolute atomic E-state index is 0.141. The number of methoxy groups -OCH3 is 1. The summed E-state index contributed by atoms with van der Waals surface area (Å²) in [5.41, 5.74) is 0.979. The van der Waals surface area contributed by atoms with Gasteiger partial charge in [0.2, 0.25) is 11.1 Å². The summed E-state index contributed by atoms with van der Waals surface area (Å²) < 4.78 is 5.16. The molecule has 3 aromatic rings. The molecule has 0 radical (unpaired) electrons. The van der Waals surface area contributed by atoms with Crippen molar-refractivity contribution >= 4 is 29.0 Å². The van der Waals surface area contributed by atoms with Crippen LogP contribution in [0.3, 0.4) is 0 Å². The first-order valence-corrected chi connectivity index (χ1v) is 9.13. The number of aromatic nitrogens is 3. The molecule has 10 heteroatoms. The highest BCUT2D eigenvalue weighted by molar-refractivity contribution is 8.00. The maximum Gasteiger partial charge on any atom is 0.271 e. The maximum absolute atomic E-state index is 12.5. The molecule has 0 saturated heterocycles. The van der Waals surface area contributed by atoms with Gasteiger partial charge in [0, 0.05) is 17.7 Å². The molecule has 0 aliphatic rings. The molecule has 28 heavy (non-hydrogen) atoms. The number of nitrogens with one attached hydrogen (secondary N) is 2. The van der Waals surface area contributed by atoms with Crippen molar-refractivity contribution in [2.45, 2.75) is 17.3 Å². The lowest BCUT2D eigenvalue weighted by Crippen LogP contribution is -2.23. The highest BCUT2D eigenvalue weighted by atomic mass is 32.2. The van der Waals surface area contributed by atoms with E-state index in [0.717, 1.165) is 5.56 Å². The van der Waals surface area contributed by atoms with Crippen molar-refractivity contribution < 1.29 is 14.5 Å². The summed E-state index contributed by atoms with van der Waals surface area (Å²) in [6.07, 6.45) is 0. The number of thioether (sulfide) groups is 1. The van der Waals surface area contributed by atoms with Gasteiger partial charge in [0.15, 0.2) is 5.82 Å². The summed E-state index contributed by atoms with van der Waals surface area (Å²) >= 11 is 1.17. The number of anilines is 1. The molecule has 0 fully saturated rings. The van der Waals surface area contributed by atoms with Crippen LogP contribution in [0.1, 0.15) is 6.92 Å². The summed E-state index contributed by atoms with van der Waals surface area (Å²) in [6.45, 7) is 1.70. The highest BCUT2D eigenvalue weighted by Crippen LogP contribution is 2.30. The zero-order chi connectivity index (χ0) is 20.1. The first kappa shape index (κ1) is 19.4. The molecule has 0 spiro atoms. The zero-order valence-electron chi connectivity index (χ0n) is 15.1. The van der Waals surface area contributed by atoms with Crippen molar-refractivity contribution in [3.63, 3.8) is 0 Å². The number of aromatic amines is 1. The van der Waals surface area contributed by atoms with E-state index in [2.05, 4.69) is 20.5 Å². The maximum atomic E-state index is 12.5. The van der Waals surface area contributed by atoms with Crippen LogP contribution in [-0.2, 0) is 4.79 Å². The van der Waals surface area contributed by atoms with Crippen LogP contribution in [0.5, 0.6) is 5.75 Å². The fourth-order valence-electron chi connectivity index (χ4n) is 2.38. The fraction of sp³-hybridized carbons (Fsp3) is 0.167. The Balaban J connectivity index is 1.69. The number of rotatable bonds is 7. The van der Waals surface area contributed by atoms with E-state index in [1.807, 2.05) is 30.3 Å². The van der Waals surface area contributed by atoms with E-state index >= 15 is 0 Å². The smallest absolute Gasteiger partial charge is 0.271 e. The lowest BCUT2D eigenvalue weighted by molar-refractivity contribution is -0.384. The molecule has 1 atom stereocenters. The summed E-state index contributed by atoms with van der Waals surface area (Å²) in [7, 11) is 1.42. The molecule has 0 unspecified atom stereocenters. The number of nitro groups is 1. The minimum Gasteiger partial charge on any atom is -0.495 e. The van der Waals surface area contributed by atoms with Gasteiger partial charge in [-0.15, -0.1) is 5.10 Å². The van der Waals surface area contributed by atoms with Crippen molar-refractivity contribution in [3.8, 4) is 17.1 Å². The second kappa shape index (κ2) is 8.53. The lowest BCUT2D eigenvalue weighted by atomic mass is 10.2. The molecule has 2 aromatic carbocycles.